The molecule has 2 amide bonds. The first kappa shape index (κ1) is 27.5. The van der Waals surface area contributed by atoms with Gasteiger partial charge in [0.25, 0.3) is 0 Å². The van der Waals surface area contributed by atoms with Crippen LogP contribution in [0, 0.1) is 11.7 Å². The first-order valence-corrected chi connectivity index (χ1v) is 13.2. The van der Waals surface area contributed by atoms with Gasteiger partial charge in [0.15, 0.2) is 5.78 Å². The van der Waals surface area contributed by atoms with Gasteiger partial charge < -0.3 is 20.6 Å². The van der Waals surface area contributed by atoms with Crippen LogP contribution in [0.5, 0.6) is 0 Å². The SMILES string of the molecule is CC(=O)c1cccc(NC(=O)NCC(O)(Cc2ccccc2)CN2CCC(Cc3ccc(F)cc3)CC2)c1. The predicted octanol–water partition coefficient (Wildman–Crippen LogP) is 5.08. The van der Waals surface area contributed by atoms with Gasteiger partial charge in [-0.1, -0.05) is 54.6 Å². The molecule has 7 heteroatoms. The van der Waals surface area contributed by atoms with Crippen molar-refractivity contribution in [2.75, 3.05) is 31.5 Å². The summed E-state index contributed by atoms with van der Waals surface area (Å²) in [5, 5.41) is 17.3. The molecule has 0 bridgehead atoms. The molecule has 4 rings (SSSR count). The van der Waals surface area contributed by atoms with Crippen molar-refractivity contribution in [3.05, 3.63) is 101 Å². The molecule has 1 aliphatic heterocycles. The number of aliphatic hydroxyl groups is 1. The number of hydrogen-bond acceptors (Lipinski definition) is 4. The zero-order valence-electron chi connectivity index (χ0n) is 21.8. The Kier molecular flexibility index (Phi) is 9.26. The minimum atomic E-state index is -1.16. The topological polar surface area (TPSA) is 81.7 Å². The van der Waals surface area contributed by atoms with Gasteiger partial charge in [-0.3, -0.25) is 4.79 Å². The molecule has 3 N–H and O–H groups in total. The van der Waals surface area contributed by atoms with Crippen LogP contribution in [0.1, 0.15) is 41.3 Å². The van der Waals surface area contributed by atoms with Crippen molar-refractivity contribution in [3.8, 4) is 0 Å². The molecule has 1 heterocycles. The lowest BCUT2D eigenvalue weighted by Crippen LogP contribution is -2.54. The number of β-amino-alcohol motifs (C(OH)–C–C–N with tert-alkyl or cyclic N) is 1. The quantitative estimate of drug-likeness (QED) is 0.328. The van der Waals surface area contributed by atoms with Gasteiger partial charge >= 0.3 is 6.03 Å². The van der Waals surface area contributed by atoms with Gasteiger partial charge in [0, 0.05) is 30.8 Å². The Labute approximate surface area is 223 Å². The van der Waals surface area contributed by atoms with Gasteiger partial charge in [-0.05, 0) is 80.6 Å². The van der Waals surface area contributed by atoms with Crippen molar-refractivity contribution < 1.29 is 19.1 Å². The zero-order chi connectivity index (χ0) is 27.0. The highest BCUT2D eigenvalue weighted by atomic mass is 19.1. The van der Waals surface area contributed by atoms with E-state index in [1.54, 1.807) is 24.3 Å². The number of carbonyl (C=O) groups excluding carboxylic acids is 2. The summed E-state index contributed by atoms with van der Waals surface area (Å²) in [4.78, 5) is 26.6. The first-order valence-electron chi connectivity index (χ1n) is 13.2. The van der Waals surface area contributed by atoms with Crippen molar-refractivity contribution in [3.63, 3.8) is 0 Å². The molecule has 0 aliphatic carbocycles. The number of amides is 2. The summed E-state index contributed by atoms with van der Waals surface area (Å²) in [6.07, 6.45) is 3.33. The van der Waals surface area contributed by atoms with Crippen LogP contribution >= 0.6 is 0 Å². The average molecular weight is 518 g/mol. The molecule has 3 aromatic rings. The van der Waals surface area contributed by atoms with Crippen LogP contribution in [-0.2, 0) is 12.8 Å². The monoisotopic (exact) mass is 517 g/mol. The number of benzene rings is 3. The lowest BCUT2D eigenvalue weighted by molar-refractivity contribution is -0.00240. The molecule has 0 aromatic heterocycles. The number of urea groups is 1. The predicted molar refractivity (Wildman–Crippen MR) is 148 cm³/mol. The van der Waals surface area contributed by atoms with Gasteiger partial charge in [0.05, 0.1) is 5.60 Å². The Bertz CT molecular complexity index is 1210. The average Bonchev–Trinajstić information content (AvgIpc) is 2.91. The summed E-state index contributed by atoms with van der Waals surface area (Å²) in [6.45, 7) is 3.70. The minimum Gasteiger partial charge on any atom is -0.386 e. The van der Waals surface area contributed by atoms with Crippen molar-refractivity contribution in [1.29, 1.82) is 0 Å². The first-order chi connectivity index (χ1) is 18.3. The maximum atomic E-state index is 13.2. The number of ketones is 1. The second-order valence-corrected chi connectivity index (χ2v) is 10.4. The molecule has 38 heavy (non-hydrogen) atoms. The van der Waals surface area contributed by atoms with Gasteiger partial charge in [0.1, 0.15) is 5.82 Å². The van der Waals surface area contributed by atoms with Crippen LogP contribution in [0.15, 0.2) is 78.9 Å². The summed E-state index contributed by atoms with van der Waals surface area (Å²) >= 11 is 0. The van der Waals surface area contributed by atoms with E-state index in [1.165, 1.54) is 19.1 Å². The van der Waals surface area contributed by atoms with Gasteiger partial charge in [-0.25, -0.2) is 9.18 Å². The highest BCUT2D eigenvalue weighted by Crippen LogP contribution is 2.24. The Morgan fingerprint density at radius 2 is 1.68 bits per heavy atom. The Morgan fingerprint density at radius 3 is 2.37 bits per heavy atom. The fourth-order valence-corrected chi connectivity index (χ4v) is 5.10. The third-order valence-electron chi connectivity index (χ3n) is 7.14. The number of Topliss-reactive ketones (excluding diaryl/α,β-unsaturated/α-hetero) is 1. The van der Waals surface area contributed by atoms with Gasteiger partial charge in [-0.2, -0.15) is 0 Å². The number of nitrogens with one attached hydrogen (secondary N) is 2. The van der Waals surface area contributed by atoms with E-state index in [-0.39, 0.29) is 18.1 Å². The molecule has 1 aliphatic rings. The molecule has 1 saturated heterocycles. The van der Waals surface area contributed by atoms with E-state index < -0.39 is 11.6 Å². The van der Waals surface area contributed by atoms with Crippen LogP contribution in [0.25, 0.3) is 0 Å². The summed E-state index contributed by atoms with van der Waals surface area (Å²) in [5.74, 6) is 0.231. The molecule has 1 fully saturated rings. The van der Waals surface area contributed by atoms with E-state index in [4.69, 9.17) is 0 Å². The Morgan fingerprint density at radius 1 is 0.974 bits per heavy atom. The number of piperidine rings is 1. The molecular weight excluding hydrogens is 481 g/mol. The van der Waals surface area contributed by atoms with E-state index in [9.17, 15) is 19.1 Å². The standard InChI is InChI=1S/C31H36FN3O3/c1-23(36)27-8-5-9-29(19-27)34-30(37)33-21-31(38,20-26-6-3-2-4-7-26)22-35-16-14-25(15-17-35)18-24-10-12-28(32)13-11-24/h2-13,19,25,38H,14-18,20-22H2,1H3,(H2,33,34,37). The number of hydrogen-bond donors (Lipinski definition) is 3. The van der Waals surface area contributed by atoms with Crippen LogP contribution in [0.2, 0.25) is 0 Å². The maximum Gasteiger partial charge on any atom is 0.319 e. The molecule has 0 saturated carbocycles. The smallest absolute Gasteiger partial charge is 0.319 e. The van der Waals surface area contributed by atoms with Crippen molar-refractivity contribution in [2.45, 2.75) is 38.2 Å². The Hall–Kier alpha value is -3.55. The van der Waals surface area contributed by atoms with Crippen LogP contribution in [0.4, 0.5) is 14.9 Å². The second-order valence-electron chi connectivity index (χ2n) is 10.4. The number of halogens is 1. The van der Waals surface area contributed by atoms with Crippen LogP contribution in [-0.4, -0.2) is 53.6 Å². The van der Waals surface area contributed by atoms with E-state index in [2.05, 4.69) is 15.5 Å². The number of nitrogens with zero attached hydrogens (tertiary/aromatic N) is 1. The molecule has 1 atom stereocenters. The van der Waals surface area contributed by atoms with E-state index in [0.29, 0.717) is 30.1 Å². The molecule has 0 radical (unpaired) electrons. The number of likely N-dealkylation sites (tertiary alicyclic amines) is 1. The molecule has 6 nitrogen and oxygen atoms in total. The minimum absolute atomic E-state index is 0.0762. The molecule has 0 spiro atoms. The normalized spacial score (nSPS) is 16.0. The number of carbonyl (C=O) groups is 2. The highest BCUT2D eigenvalue weighted by molar-refractivity contribution is 5.96. The molecule has 3 aromatic carbocycles. The largest absolute Gasteiger partial charge is 0.386 e. The third-order valence-corrected chi connectivity index (χ3v) is 7.14. The molecular formula is C31H36FN3O3. The summed E-state index contributed by atoms with van der Waals surface area (Å²) < 4.78 is 13.2. The lowest BCUT2D eigenvalue weighted by Gasteiger charge is -2.38. The number of rotatable bonds is 10. The Balaban J connectivity index is 1.35. The van der Waals surface area contributed by atoms with Crippen molar-refractivity contribution in [1.82, 2.24) is 10.2 Å². The van der Waals surface area contributed by atoms with Crippen molar-refractivity contribution >= 4 is 17.5 Å². The summed E-state index contributed by atoms with van der Waals surface area (Å²) in [5.41, 5.74) is 2.02. The molecule has 200 valence electrons. The zero-order valence-corrected chi connectivity index (χ0v) is 21.8. The van der Waals surface area contributed by atoms with Crippen LogP contribution in [0.3, 0.4) is 0 Å². The maximum absolute atomic E-state index is 13.2. The highest BCUT2D eigenvalue weighted by Gasteiger charge is 2.32. The lowest BCUT2D eigenvalue weighted by atomic mass is 9.88. The van der Waals surface area contributed by atoms with Crippen molar-refractivity contribution in [2.24, 2.45) is 5.92 Å². The van der Waals surface area contributed by atoms with Gasteiger partial charge in [0.2, 0.25) is 0 Å². The van der Waals surface area contributed by atoms with Crippen LogP contribution < -0.4 is 10.6 Å². The van der Waals surface area contributed by atoms with Gasteiger partial charge in [-0.15, -0.1) is 0 Å². The van der Waals surface area contributed by atoms with E-state index in [1.807, 2.05) is 42.5 Å². The van der Waals surface area contributed by atoms with E-state index in [0.717, 1.165) is 43.5 Å². The fourth-order valence-electron chi connectivity index (χ4n) is 5.10. The summed E-state index contributed by atoms with van der Waals surface area (Å²) in [7, 11) is 0. The van der Waals surface area contributed by atoms with E-state index >= 15 is 0 Å². The third kappa shape index (κ3) is 8.23. The summed E-state index contributed by atoms with van der Waals surface area (Å²) in [6, 6.07) is 22.9. The second kappa shape index (κ2) is 12.8. The molecule has 1 unspecified atom stereocenters. The number of anilines is 1. The fraction of sp³-hybridized carbons (Fsp3) is 0.355.